The second-order valence-electron chi connectivity index (χ2n) is 10.9. The van der Waals surface area contributed by atoms with Gasteiger partial charge in [0.1, 0.15) is 10.4 Å². The van der Waals surface area contributed by atoms with Crippen LogP contribution in [0.2, 0.25) is 0 Å². The number of hydrogen-bond donors (Lipinski definition) is 2. The fourth-order valence-corrected chi connectivity index (χ4v) is 6.50. The Labute approximate surface area is 213 Å². The predicted octanol–water partition coefficient (Wildman–Crippen LogP) is 3.01. The molecule has 12 heteroatoms. The first-order valence-corrected chi connectivity index (χ1v) is 13.0. The highest BCUT2D eigenvalue weighted by Gasteiger charge is 2.49. The molecule has 11 nitrogen and oxygen atoms in total. The molecule has 3 N–H and O–H groups in total. The minimum Gasteiger partial charge on any atom is -0.443 e. The number of ether oxygens (including phenoxy) is 2. The van der Waals surface area contributed by atoms with Gasteiger partial charge in [0.15, 0.2) is 0 Å². The molecule has 2 aliphatic carbocycles. The van der Waals surface area contributed by atoms with Gasteiger partial charge < -0.3 is 15.2 Å². The molecule has 0 aromatic carbocycles. The van der Waals surface area contributed by atoms with Crippen molar-refractivity contribution in [1.82, 2.24) is 19.6 Å². The number of nitrogens with one attached hydrogen (secondary N) is 1. The van der Waals surface area contributed by atoms with Crippen LogP contribution in [0.5, 0.6) is 0 Å². The lowest BCUT2D eigenvalue weighted by Crippen LogP contribution is -2.51. The van der Waals surface area contributed by atoms with Crippen molar-refractivity contribution in [2.75, 3.05) is 13.7 Å². The van der Waals surface area contributed by atoms with Crippen LogP contribution in [-0.4, -0.2) is 45.6 Å². The third-order valence-electron chi connectivity index (χ3n) is 7.17. The summed E-state index contributed by atoms with van der Waals surface area (Å²) in [7, 11) is 1.56. The molecule has 2 aromatic rings. The molecule has 2 aromatic heterocycles. The maximum atomic E-state index is 13.6. The van der Waals surface area contributed by atoms with E-state index in [9.17, 15) is 19.2 Å². The summed E-state index contributed by atoms with van der Waals surface area (Å²) in [6.07, 6.45) is 4.40. The van der Waals surface area contributed by atoms with Crippen LogP contribution in [0.4, 0.5) is 9.59 Å². The molecule has 0 bridgehead atoms. The average molecular weight is 522 g/mol. The van der Waals surface area contributed by atoms with Gasteiger partial charge in [0.2, 0.25) is 0 Å². The van der Waals surface area contributed by atoms with Crippen molar-refractivity contribution in [3.8, 4) is 0 Å². The Balaban J connectivity index is 1.72. The lowest BCUT2D eigenvalue weighted by atomic mass is 9.54. The zero-order valence-electron chi connectivity index (χ0n) is 21.5. The molecule has 2 fully saturated rings. The van der Waals surface area contributed by atoms with Gasteiger partial charge in [-0.25, -0.2) is 24.8 Å². The highest BCUT2D eigenvalue weighted by molar-refractivity contribution is 7.18. The van der Waals surface area contributed by atoms with E-state index in [0.29, 0.717) is 39.2 Å². The lowest BCUT2D eigenvalue weighted by Gasteiger charge is -2.54. The van der Waals surface area contributed by atoms with Crippen LogP contribution >= 0.6 is 11.3 Å². The summed E-state index contributed by atoms with van der Waals surface area (Å²) in [5.41, 5.74) is 7.41. The van der Waals surface area contributed by atoms with E-state index in [1.807, 2.05) is 0 Å². The third kappa shape index (κ3) is 4.88. The highest BCUT2D eigenvalue weighted by atomic mass is 32.1. The Hall–Kier alpha value is -2.86. The lowest BCUT2D eigenvalue weighted by molar-refractivity contribution is -0.0205. The molecule has 2 heterocycles. The molecule has 0 atom stereocenters. The van der Waals surface area contributed by atoms with Crippen molar-refractivity contribution in [3.63, 3.8) is 0 Å². The normalized spacial score (nSPS) is 17.0. The number of primary amides is 1. The van der Waals surface area contributed by atoms with E-state index < -0.39 is 17.7 Å². The summed E-state index contributed by atoms with van der Waals surface area (Å²) in [6, 6.07) is -0.991. The molecule has 0 radical (unpaired) electrons. The van der Waals surface area contributed by atoms with Crippen molar-refractivity contribution >= 4 is 33.7 Å². The van der Waals surface area contributed by atoms with Crippen LogP contribution in [0.1, 0.15) is 69.4 Å². The van der Waals surface area contributed by atoms with E-state index in [-0.39, 0.29) is 23.8 Å². The van der Waals surface area contributed by atoms with Crippen LogP contribution < -0.4 is 22.4 Å². The van der Waals surface area contributed by atoms with Gasteiger partial charge in [0, 0.05) is 18.0 Å². The number of fused-ring (bicyclic) bond motifs is 1. The zero-order chi connectivity index (χ0) is 26.4. The third-order valence-corrected chi connectivity index (χ3v) is 8.47. The molecular weight excluding hydrogens is 486 g/mol. The van der Waals surface area contributed by atoms with Gasteiger partial charge in [0.05, 0.1) is 25.1 Å². The molecule has 2 aliphatic rings. The van der Waals surface area contributed by atoms with Crippen LogP contribution in [0.25, 0.3) is 10.2 Å². The molecule has 0 saturated heterocycles. The maximum absolute atomic E-state index is 13.6. The molecule has 3 amide bonds. The molecule has 198 valence electrons. The van der Waals surface area contributed by atoms with Crippen LogP contribution in [0.15, 0.2) is 9.59 Å². The minimum absolute atomic E-state index is 0.0792. The molecule has 1 spiro atoms. The van der Waals surface area contributed by atoms with Crippen molar-refractivity contribution in [2.24, 2.45) is 11.1 Å². The molecule has 0 unspecified atom stereocenters. The number of aromatic nitrogens is 2. The van der Waals surface area contributed by atoms with E-state index in [2.05, 4.69) is 5.43 Å². The Morgan fingerprint density at radius 3 is 2.44 bits per heavy atom. The summed E-state index contributed by atoms with van der Waals surface area (Å²) in [6.45, 7) is 7.42. The smallest absolute Gasteiger partial charge is 0.426 e. The number of aryl methyl sites for hydroxylation is 1. The van der Waals surface area contributed by atoms with Crippen molar-refractivity contribution < 1.29 is 19.1 Å². The highest BCUT2D eigenvalue weighted by Crippen LogP contribution is 2.59. The van der Waals surface area contributed by atoms with E-state index in [1.165, 1.54) is 22.3 Å². The number of thiophene rings is 1. The van der Waals surface area contributed by atoms with Gasteiger partial charge >= 0.3 is 17.8 Å². The Morgan fingerprint density at radius 2 is 1.92 bits per heavy atom. The molecule has 0 aliphatic heterocycles. The van der Waals surface area contributed by atoms with Crippen LogP contribution in [0.3, 0.4) is 0 Å². The monoisotopic (exact) mass is 521 g/mol. The second-order valence-corrected chi connectivity index (χ2v) is 12.0. The summed E-state index contributed by atoms with van der Waals surface area (Å²) in [5, 5.41) is 1.38. The standard InChI is InChI=1S/C24H35N5O6S/c1-14-16(13-28(20(25)31)26-21(32)35-23(2,3)4)36-19-17(14)18(30)29(22(33)27(19)9-10-34-5)15-11-24(12-15)7-6-8-24/h15H,6-13H2,1-5H3,(H2,25,31)(H,26,32). The van der Waals surface area contributed by atoms with Gasteiger partial charge in [-0.15, -0.1) is 11.3 Å². The first-order chi connectivity index (χ1) is 16.9. The largest absolute Gasteiger partial charge is 0.443 e. The first kappa shape index (κ1) is 26.2. The number of nitrogens with zero attached hydrogens (tertiary/aromatic N) is 3. The Morgan fingerprint density at radius 1 is 1.25 bits per heavy atom. The number of nitrogens with two attached hydrogens (primary N) is 1. The topological polar surface area (TPSA) is 138 Å². The molecule has 4 rings (SSSR count). The fourth-order valence-electron chi connectivity index (χ4n) is 5.20. The second kappa shape index (κ2) is 9.55. The fraction of sp³-hybridized carbons (Fsp3) is 0.667. The maximum Gasteiger partial charge on any atom is 0.426 e. The zero-order valence-corrected chi connectivity index (χ0v) is 22.3. The number of carbonyl (C=O) groups excluding carboxylic acids is 2. The Bertz CT molecular complexity index is 1290. The van der Waals surface area contributed by atoms with Gasteiger partial charge in [-0.05, 0) is 64.4 Å². The number of rotatable bonds is 6. The minimum atomic E-state index is -0.882. The van der Waals surface area contributed by atoms with Gasteiger partial charge in [-0.1, -0.05) is 6.42 Å². The number of methoxy groups -OCH3 is 1. The number of urea groups is 1. The number of hydrazine groups is 1. The van der Waals surface area contributed by atoms with Crippen molar-refractivity contribution in [3.05, 3.63) is 31.3 Å². The van der Waals surface area contributed by atoms with Gasteiger partial charge in [0.25, 0.3) is 5.56 Å². The molecular formula is C24H35N5O6S. The van der Waals surface area contributed by atoms with E-state index >= 15 is 0 Å². The number of hydrogen-bond acceptors (Lipinski definition) is 7. The van der Waals surface area contributed by atoms with Crippen LogP contribution in [-0.2, 0) is 22.6 Å². The van der Waals surface area contributed by atoms with Crippen LogP contribution in [0, 0.1) is 12.3 Å². The Kier molecular flexibility index (Phi) is 6.95. The van der Waals surface area contributed by atoms with E-state index in [4.69, 9.17) is 15.2 Å². The van der Waals surface area contributed by atoms with Gasteiger partial charge in [-0.3, -0.25) is 13.9 Å². The van der Waals surface area contributed by atoms with Crippen molar-refractivity contribution in [2.45, 2.75) is 84.5 Å². The summed E-state index contributed by atoms with van der Waals surface area (Å²) >= 11 is 1.23. The average Bonchev–Trinajstić information content (AvgIpc) is 3.02. The summed E-state index contributed by atoms with van der Waals surface area (Å²) < 4.78 is 13.4. The quantitative estimate of drug-likeness (QED) is 0.561. The number of amides is 3. The van der Waals surface area contributed by atoms with Gasteiger partial charge in [-0.2, -0.15) is 0 Å². The predicted molar refractivity (Wildman–Crippen MR) is 136 cm³/mol. The SMILES string of the molecule is COCCn1c(=O)n(C2CC3(CCC3)C2)c(=O)c2c(C)c(CN(NC(=O)OC(C)(C)C)C(N)=O)sc21. The number of carbonyl (C=O) groups is 2. The molecule has 2 saturated carbocycles. The summed E-state index contributed by atoms with van der Waals surface area (Å²) in [5.74, 6) is 0. The van der Waals surface area contributed by atoms with Crippen molar-refractivity contribution in [1.29, 1.82) is 0 Å². The van der Waals surface area contributed by atoms with E-state index in [1.54, 1.807) is 39.4 Å². The molecule has 36 heavy (non-hydrogen) atoms. The first-order valence-electron chi connectivity index (χ1n) is 12.2. The summed E-state index contributed by atoms with van der Waals surface area (Å²) in [4.78, 5) is 52.6. The van der Waals surface area contributed by atoms with E-state index in [0.717, 1.165) is 30.7 Å².